The summed E-state index contributed by atoms with van der Waals surface area (Å²) in [6, 6.07) is 6.38. The van der Waals surface area contributed by atoms with Crippen molar-refractivity contribution in [3.63, 3.8) is 0 Å². The van der Waals surface area contributed by atoms with Crippen LogP contribution in [0.5, 0.6) is 0 Å². The zero-order valence-corrected chi connectivity index (χ0v) is 16.4. The molecule has 0 amide bonds. The summed E-state index contributed by atoms with van der Waals surface area (Å²) < 4.78 is 10.6. The van der Waals surface area contributed by atoms with Crippen molar-refractivity contribution in [1.29, 1.82) is 0 Å². The van der Waals surface area contributed by atoms with Gasteiger partial charge in [-0.2, -0.15) is 0 Å². The third-order valence-corrected chi connectivity index (χ3v) is 4.46. The first-order chi connectivity index (χ1) is 12.8. The maximum absolute atomic E-state index is 12.8. The summed E-state index contributed by atoms with van der Waals surface area (Å²) in [6.45, 7) is 8.52. The van der Waals surface area contributed by atoms with E-state index in [4.69, 9.17) is 9.47 Å². The minimum absolute atomic E-state index is 0.00500. The summed E-state index contributed by atoms with van der Waals surface area (Å²) in [7, 11) is 1.63. The van der Waals surface area contributed by atoms with Crippen LogP contribution in [-0.4, -0.2) is 42.2 Å². The third-order valence-electron chi connectivity index (χ3n) is 4.46. The molecule has 27 heavy (non-hydrogen) atoms. The lowest BCUT2D eigenvalue weighted by Crippen LogP contribution is -2.32. The van der Waals surface area contributed by atoms with E-state index in [0.717, 1.165) is 11.4 Å². The van der Waals surface area contributed by atoms with Gasteiger partial charge in [-0.25, -0.2) is 4.79 Å². The molecule has 1 aromatic rings. The number of nitro benzene ring substituents is 1. The van der Waals surface area contributed by atoms with Crippen molar-refractivity contribution < 1.29 is 19.2 Å². The molecule has 1 heterocycles. The molecule has 1 unspecified atom stereocenters. The first-order valence-corrected chi connectivity index (χ1v) is 8.87. The predicted octanol–water partition coefficient (Wildman–Crippen LogP) is 3.77. The molecule has 0 spiro atoms. The number of rotatable bonds is 7. The largest absolute Gasteiger partial charge is 0.460 e. The van der Waals surface area contributed by atoms with Crippen LogP contribution >= 0.6 is 0 Å². The van der Waals surface area contributed by atoms with Crippen molar-refractivity contribution in [1.82, 2.24) is 4.90 Å². The fraction of sp³-hybridized carbons (Fsp3) is 0.450. The SMILES string of the molecule is COCCN1C(C)=CC(c2cccc([N+](=O)[O-])c2)C(C(=O)OC(C)C)=C1C. The number of hydrogen-bond acceptors (Lipinski definition) is 6. The topological polar surface area (TPSA) is 81.9 Å². The number of allylic oxidation sites excluding steroid dienone is 3. The molecule has 0 N–H and O–H groups in total. The van der Waals surface area contributed by atoms with Crippen molar-refractivity contribution >= 4 is 11.7 Å². The first-order valence-electron chi connectivity index (χ1n) is 8.87. The van der Waals surface area contributed by atoms with Crippen LogP contribution < -0.4 is 0 Å². The van der Waals surface area contributed by atoms with Gasteiger partial charge in [-0.15, -0.1) is 0 Å². The Balaban J connectivity index is 2.53. The highest BCUT2D eigenvalue weighted by Crippen LogP contribution is 2.38. The highest BCUT2D eigenvalue weighted by atomic mass is 16.6. The van der Waals surface area contributed by atoms with Gasteiger partial charge in [-0.3, -0.25) is 10.1 Å². The van der Waals surface area contributed by atoms with Gasteiger partial charge >= 0.3 is 5.97 Å². The quantitative estimate of drug-likeness (QED) is 0.410. The molecular formula is C20H26N2O5. The van der Waals surface area contributed by atoms with Gasteiger partial charge in [-0.05, 0) is 33.3 Å². The number of nitro groups is 1. The van der Waals surface area contributed by atoms with Crippen LogP contribution in [0.2, 0.25) is 0 Å². The summed E-state index contributed by atoms with van der Waals surface area (Å²) in [6.07, 6.45) is 1.68. The molecule has 1 aliphatic rings. The Hall–Kier alpha value is -2.67. The third kappa shape index (κ3) is 4.74. The van der Waals surface area contributed by atoms with Gasteiger partial charge in [0.05, 0.1) is 23.2 Å². The van der Waals surface area contributed by atoms with E-state index in [9.17, 15) is 14.9 Å². The molecule has 0 bridgehead atoms. The molecule has 0 aliphatic carbocycles. The smallest absolute Gasteiger partial charge is 0.336 e. The molecule has 0 saturated carbocycles. The lowest BCUT2D eigenvalue weighted by Gasteiger charge is -2.35. The van der Waals surface area contributed by atoms with Crippen LogP contribution in [0.1, 0.15) is 39.2 Å². The number of carbonyl (C=O) groups excluding carboxylic acids is 1. The number of nitrogens with zero attached hydrogens (tertiary/aromatic N) is 2. The molecule has 0 radical (unpaired) electrons. The Morgan fingerprint density at radius 1 is 1.33 bits per heavy atom. The maximum atomic E-state index is 12.8. The Morgan fingerprint density at radius 2 is 2.04 bits per heavy atom. The van der Waals surface area contributed by atoms with Gasteiger partial charge in [0, 0.05) is 43.1 Å². The molecule has 7 heteroatoms. The lowest BCUT2D eigenvalue weighted by atomic mass is 9.86. The van der Waals surface area contributed by atoms with E-state index in [0.29, 0.717) is 24.3 Å². The van der Waals surface area contributed by atoms with Crippen LogP contribution in [0.25, 0.3) is 0 Å². The van der Waals surface area contributed by atoms with Gasteiger partial charge in [0.25, 0.3) is 5.69 Å². The van der Waals surface area contributed by atoms with Crippen molar-refractivity contribution in [2.24, 2.45) is 0 Å². The number of hydrogen-bond donors (Lipinski definition) is 0. The summed E-state index contributed by atoms with van der Waals surface area (Å²) in [4.78, 5) is 25.6. The highest BCUT2D eigenvalue weighted by Gasteiger charge is 2.32. The molecule has 2 rings (SSSR count). The van der Waals surface area contributed by atoms with E-state index in [1.807, 2.05) is 24.8 Å². The van der Waals surface area contributed by atoms with E-state index in [2.05, 4.69) is 0 Å². The summed E-state index contributed by atoms with van der Waals surface area (Å²) >= 11 is 0. The molecule has 1 aliphatic heterocycles. The zero-order chi connectivity index (χ0) is 20.1. The Labute approximate surface area is 159 Å². The summed E-state index contributed by atoms with van der Waals surface area (Å²) in [5.74, 6) is -0.819. The van der Waals surface area contributed by atoms with E-state index >= 15 is 0 Å². The van der Waals surface area contributed by atoms with Crippen molar-refractivity contribution in [2.75, 3.05) is 20.3 Å². The van der Waals surface area contributed by atoms with Gasteiger partial charge in [-0.1, -0.05) is 18.2 Å². The zero-order valence-electron chi connectivity index (χ0n) is 16.4. The molecule has 146 valence electrons. The normalized spacial score (nSPS) is 17.2. The minimum Gasteiger partial charge on any atom is -0.460 e. The van der Waals surface area contributed by atoms with Gasteiger partial charge in [0.2, 0.25) is 0 Å². The molecule has 0 fully saturated rings. The van der Waals surface area contributed by atoms with E-state index in [-0.39, 0.29) is 11.8 Å². The van der Waals surface area contributed by atoms with Crippen LogP contribution in [0.15, 0.2) is 47.3 Å². The fourth-order valence-corrected chi connectivity index (χ4v) is 3.22. The second-order valence-corrected chi connectivity index (χ2v) is 6.74. The monoisotopic (exact) mass is 374 g/mol. The van der Waals surface area contributed by atoms with Crippen LogP contribution in [0.3, 0.4) is 0 Å². The van der Waals surface area contributed by atoms with Crippen molar-refractivity contribution in [3.8, 4) is 0 Å². The number of non-ortho nitro benzene ring substituents is 1. The number of carbonyl (C=O) groups is 1. The molecule has 0 aromatic heterocycles. The van der Waals surface area contributed by atoms with Gasteiger partial charge in [0.15, 0.2) is 0 Å². The van der Waals surface area contributed by atoms with Gasteiger partial charge in [0.1, 0.15) is 0 Å². The van der Waals surface area contributed by atoms with Gasteiger partial charge < -0.3 is 14.4 Å². The first kappa shape index (κ1) is 20.6. The maximum Gasteiger partial charge on any atom is 0.336 e. The van der Waals surface area contributed by atoms with Crippen molar-refractivity contribution in [2.45, 2.75) is 39.7 Å². The Bertz CT molecular complexity index is 782. The molecule has 1 aromatic carbocycles. The number of methoxy groups -OCH3 is 1. The predicted molar refractivity (Wildman–Crippen MR) is 102 cm³/mol. The molecule has 7 nitrogen and oxygen atoms in total. The number of esters is 1. The Morgan fingerprint density at radius 3 is 2.63 bits per heavy atom. The van der Waals surface area contributed by atoms with E-state index in [1.165, 1.54) is 12.1 Å². The average molecular weight is 374 g/mol. The minimum atomic E-state index is -0.434. The lowest BCUT2D eigenvalue weighted by molar-refractivity contribution is -0.384. The summed E-state index contributed by atoms with van der Waals surface area (Å²) in [5, 5.41) is 11.2. The second-order valence-electron chi connectivity index (χ2n) is 6.74. The van der Waals surface area contributed by atoms with Crippen LogP contribution in [0.4, 0.5) is 5.69 Å². The molecule has 0 saturated heterocycles. The average Bonchev–Trinajstić information content (AvgIpc) is 2.60. The Kier molecular flexibility index (Phi) is 6.74. The van der Waals surface area contributed by atoms with Crippen LogP contribution in [0, 0.1) is 10.1 Å². The van der Waals surface area contributed by atoms with E-state index in [1.54, 1.807) is 33.1 Å². The number of benzene rings is 1. The fourth-order valence-electron chi connectivity index (χ4n) is 3.22. The summed E-state index contributed by atoms with van der Waals surface area (Å²) in [5.41, 5.74) is 2.90. The number of ether oxygens (including phenoxy) is 2. The molecule has 1 atom stereocenters. The molecular weight excluding hydrogens is 348 g/mol. The van der Waals surface area contributed by atoms with Crippen LogP contribution in [-0.2, 0) is 14.3 Å². The second kappa shape index (κ2) is 8.81. The van der Waals surface area contributed by atoms with E-state index < -0.39 is 16.8 Å². The van der Waals surface area contributed by atoms with Crippen molar-refractivity contribution in [3.05, 3.63) is 63.0 Å². The standard InChI is InChI=1S/C20H26N2O5/c1-13(2)27-20(23)19-15(4)21(9-10-26-5)14(3)11-18(19)16-7-6-8-17(12-16)22(24)25/h6-8,11-13,18H,9-10H2,1-5H3. The highest BCUT2D eigenvalue weighted by molar-refractivity contribution is 5.92.